The lowest BCUT2D eigenvalue weighted by Crippen LogP contribution is -2.53. The molecule has 3 aromatic rings. The molecule has 8 nitrogen and oxygen atoms in total. The average Bonchev–Trinajstić information content (AvgIpc) is 3.28. The quantitative estimate of drug-likeness (QED) is 0.438. The number of unbranched alkanes of at least 4 members (excludes halogenated alkanes) is 1. The first-order chi connectivity index (χ1) is 18.2. The van der Waals surface area contributed by atoms with E-state index in [1.54, 1.807) is 11.8 Å². The Bertz CT molecular complexity index is 1380. The van der Waals surface area contributed by atoms with Gasteiger partial charge in [-0.2, -0.15) is 18.3 Å². The second-order valence-corrected chi connectivity index (χ2v) is 10.6. The molecule has 2 aliphatic rings. The van der Waals surface area contributed by atoms with Crippen LogP contribution in [0, 0.1) is 5.92 Å². The summed E-state index contributed by atoms with van der Waals surface area (Å²) in [5, 5.41) is 5.10. The normalized spacial score (nSPS) is 19.4. The number of H-pyrrole nitrogens is 1. The zero-order valence-electron chi connectivity index (χ0n) is 21.8. The summed E-state index contributed by atoms with van der Waals surface area (Å²) in [5.41, 5.74) is -1.39. The van der Waals surface area contributed by atoms with Crippen molar-refractivity contribution >= 4 is 27.7 Å². The predicted molar refractivity (Wildman–Crippen MR) is 138 cm³/mol. The van der Waals surface area contributed by atoms with Gasteiger partial charge < -0.3 is 14.6 Å². The van der Waals surface area contributed by atoms with Crippen molar-refractivity contribution in [1.82, 2.24) is 24.6 Å². The molecule has 1 saturated carbocycles. The maximum absolute atomic E-state index is 14.2. The van der Waals surface area contributed by atoms with E-state index in [0.717, 1.165) is 44.7 Å². The van der Waals surface area contributed by atoms with Gasteiger partial charge in [-0.3, -0.25) is 19.2 Å². The van der Waals surface area contributed by atoms with Gasteiger partial charge in [0.2, 0.25) is 0 Å². The molecular weight excluding hydrogens is 499 g/mol. The second kappa shape index (κ2) is 10.7. The highest BCUT2D eigenvalue weighted by Gasteiger charge is 2.38. The van der Waals surface area contributed by atoms with Gasteiger partial charge in [-0.05, 0) is 57.2 Å². The van der Waals surface area contributed by atoms with Crippen LogP contribution in [0.25, 0.3) is 21.8 Å². The minimum atomic E-state index is -4.76. The van der Waals surface area contributed by atoms with Crippen molar-refractivity contribution in [1.29, 1.82) is 0 Å². The summed E-state index contributed by atoms with van der Waals surface area (Å²) in [6.45, 7) is 5.42. The lowest BCUT2D eigenvalue weighted by molar-refractivity contribution is -0.137. The van der Waals surface area contributed by atoms with Crippen molar-refractivity contribution in [3.8, 4) is 0 Å². The number of amides is 1. The van der Waals surface area contributed by atoms with Gasteiger partial charge in [-0.25, -0.2) is 0 Å². The Morgan fingerprint density at radius 3 is 2.63 bits per heavy atom. The third kappa shape index (κ3) is 5.18. The van der Waals surface area contributed by atoms with Crippen molar-refractivity contribution in [3.63, 3.8) is 0 Å². The third-order valence-corrected chi connectivity index (χ3v) is 8.03. The summed E-state index contributed by atoms with van der Waals surface area (Å²) in [4.78, 5) is 32.7. The van der Waals surface area contributed by atoms with Crippen LogP contribution in [-0.2, 0) is 17.5 Å². The van der Waals surface area contributed by atoms with Crippen molar-refractivity contribution < 1.29 is 22.7 Å². The molecule has 1 atom stereocenters. The Balaban J connectivity index is 1.50. The fourth-order valence-electron chi connectivity index (χ4n) is 5.64. The van der Waals surface area contributed by atoms with Gasteiger partial charge in [0, 0.05) is 51.3 Å². The summed E-state index contributed by atoms with van der Waals surface area (Å²) >= 11 is 0. The number of hydrogen-bond acceptors (Lipinski definition) is 5. The lowest BCUT2D eigenvalue weighted by atomic mass is 9.85. The van der Waals surface area contributed by atoms with E-state index in [4.69, 9.17) is 4.74 Å². The highest BCUT2D eigenvalue weighted by atomic mass is 19.4. The maximum Gasteiger partial charge on any atom is 0.417 e. The number of halogens is 3. The van der Waals surface area contributed by atoms with Crippen molar-refractivity contribution in [2.45, 2.75) is 57.8 Å². The van der Waals surface area contributed by atoms with Gasteiger partial charge >= 0.3 is 6.18 Å². The zero-order chi connectivity index (χ0) is 27.0. The van der Waals surface area contributed by atoms with Crippen molar-refractivity contribution in [2.75, 3.05) is 39.9 Å². The van der Waals surface area contributed by atoms with Crippen LogP contribution < -0.4 is 5.56 Å². The summed E-state index contributed by atoms with van der Waals surface area (Å²) in [5.74, 6) is -0.218. The zero-order valence-corrected chi connectivity index (χ0v) is 21.8. The van der Waals surface area contributed by atoms with Crippen LogP contribution >= 0.6 is 0 Å². The maximum atomic E-state index is 14.2. The molecule has 0 spiro atoms. The molecule has 2 aromatic heterocycles. The van der Waals surface area contributed by atoms with E-state index in [2.05, 4.69) is 15.0 Å². The van der Waals surface area contributed by atoms with Gasteiger partial charge in [0.05, 0.1) is 33.7 Å². The molecule has 1 aromatic carbocycles. The average molecular weight is 534 g/mol. The predicted octanol–water partition coefficient (Wildman–Crippen LogP) is 4.27. The molecule has 0 radical (unpaired) electrons. The minimum Gasteiger partial charge on any atom is -0.385 e. The Labute approximate surface area is 218 Å². The number of fused-ring (bicyclic) bond motifs is 3. The molecule has 5 rings (SSSR count). The number of ether oxygens (including phenoxy) is 1. The van der Waals surface area contributed by atoms with Crippen LogP contribution in [0.4, 0.5) is 13.2 Å². The van der Waals surface area contributed by atoms with Crippen LogP contribution in [0.15, 0.2) is 23.1 Å². The third-order valence-electron chi connectivity index (χ3n) is 8.03. The summed E-state index contributed by atoms with van der Waals surface area (Å²) < 4.78 is 49.4. The molecule has 1 aliphatic carbocycles. The Morgan fingerprint density at radius 1 is 1.18 bits per heavy atom. The SMILES string of the molecule is COCCCCN1CCN(C(=O)c2cc3c(cc2C(F)(F)F)[nH]c(=O)c2cnn(CC4CCC4)c23)C[C@@H]1C. The van der Waals surface area contributed by atoms with E-state index >= 15 is 0 Å². The molecule has 0 unspecified atom stereocenters. The Hall–Kier alpha value is -2.92. The van der Waals surface area contributed by atoms with Gasteiger partial charge in [0.15, 0.2) is 0 Å². The molecule has 3 heterocycles. The van der Waals surface area contributed by atoms with Crippen LogP contribution in [0.5, 0.6) is 0 Å². The van der Waals surface area contributed by atoms with Crippen molar-refractivity contribution in [3.05, 3.63) is 39.8 Å². The lowest BCUT2D eigenvalue weighted by Gasteiger charge is -2.40. The number of aromatic amines is 1. The number of nitrogens with zero attached hydrogens (tertiary/aromatic N) is 4. The minimum absolute atomic E-state index is 0.0250. The fourth-order valence-corrected chi connectivity index (χ4v) is 5.64. The Kier molecular flexibility index (Phi) is 7.50. The van der Waals surface area contributed by atoms with Gasteiger partial charge in [-0.1, -0.05) is 6.42 Å². The smallest absolute Gasteiger partial charge is 0.385 e. The number of alkyl halides is 3. The number of piperazine rings is 1. The van der Waals surface area contributed by atoms with E-state index in [9.17, 15) is 22.8 Å². The summed E-state index contributed by atoms with van der Waals surface area (Å²) in [6, 6.07) is 2.23. The molecule has 206 valence electrons. The number of nitrogens with one attached hydrogen (secondary N) is 1. The van der Waals surface area contributed by atoms with E-state index in [1.807, 2.05) is 6.92 Å². The molecule has 1 saturated heterocycles. The number of hydrogen-bond donors (Lipinski definition) is 1. The van der Waals surface area contributed by atoms with Gasteiger partial charge in [-0.15, -0.1) is 0 Å². The second-order valence-electron chi connectivity index (χ2n) is 10.6. The molecule has 11 heteroatoms. The molecule has 2 fully saturated rings. The molecule has 38 heavy (non-hydrogen) atoms. The number of methoxy groups -OCH3 is 1. The molecule has 1 N–H and O–H groups in total. The molecule has 1 aliphatic heterocycles. The van der Waals surface area contributed by atoms with E-state index < -0.39 is 28.8 Å². The fraction of sp³-hybridized carbons (Fsp3) is 0.593. The molecule has 1 amide bonds. The summed E-state index contributed by atoms with van der Waals surface area (Å²) in [7, 11) is 1.67. The van der Waals surface area contributed by atoms with Crippen LogP contribution in [0.1, 0.15) is 54.9 Å². The standard InChI is InChI=1S/C27H34F3N5O3/c1-17-15-34(10-9-33(17)8-3-4-11-38-2)26(37)19-12-20-23(13-22(19)27(28,29)30)32-25(36)21-14-31-35(24(20)21)16-18-6-5-7-18/h12-14,17-18H,3-11,15-16H2,1-2H3,(H,32,36)/t17-/m0/s1. The number of carbonyl (C=O) groups is 1. The van der Waals surface area contributed by atoms with Crippen molar-refractivity contribution in [2.24, 2.45) is 5.92 Å². The van der Waals surface area contributed by atoms with E-state index in [1.165, 1.54) is 17.2 Å². The monoisotopic (exact) mass is 533 g/mol. The first-order valence-corrected chi connectivity index (χ1v) is 13.3. The first-order valence-electron chi connectivity index (χ1n) is 13.3. The van der Waals surface area contributed by atoms with E-state index in [0.29, 0.717) is 55.0 Å². The largest absolute Gasteiger partial charge is 0.417 e. The van der Waals surface area contributed by atoms with Crippen LogP contribution in [0.2, 0.25) is 0 Å². The topological polar surface area (TPSA) is 83.5 Å². The van der Waals surface area contributed by atoms with Crippen LogP contribution in [-0.4, -0.2) is 76.4 Å². The van der Waals surface area contributed by atoms with Gasteiger partial charge in [0.25, 0.3) is 11.5 Å². The first kappa shape index (κ1) is 26.7. The molecule has 0 bridgehead atoms. The Morgan fingerprint density at radius 2 is 1.97 bits per heavy atom. The van der Waals surface area contributed by atoms with Crippen LogP contribution in [0.3, 0.4) is 0 Å². The highest BCUT2D eigenvalue weighted by Crippen LogP contribution is 2.37. The molecular formula is C27H34F3N5O3. The number of aromatic nitrogens is 3. The number of pyridine rings is 1. The number of rotatable bonds is 8. The highest BCUT2D eigenvalue weighted by molar-refractivity contribution is 6.07. The number of benzene rings is 1. The van der Waals surface area contributed by atoms with Gasteiger partial charge in [0.1, 0.15) is 0 Å². The van der Waals surface area contributed by atoms with E-state index in [-0.39, 0.29) is 11.6 Å². The number of carbonyl (C=O) groups excluding carboxylic acids is 1. The summed E-state index contributed by atoms with van der Waals surface area (Å²) in [6.07, 6.45) is 1.84.